The molecule has 1 atom stereocenters. The van der Waals surface area contributed by atoms with Gasteiger partial charge in [-0.15, -0.1) is 0 Å². The van der Waals surface area contributed by atoms with Crippen molar-refractivity contribution in [1.29, 1.82) is 0 Å². The molecule has 24 heavy (non-hydrogen) atoms. The molecule has 1 aromatic carbocycles. The number of hydrogen-bond donors (Lipinski definition) is 2. The molecule has 3 heteroatoms. The van der Waals surface area contributed by atoms with Crippen LogP contribution in [0.25, 0.3) is 0 Å². The molecule has 0 spiro atoms. The third-order valence-electron chi connectivity index (χ3n) is 6.58. The van der Waals surface area contributed by atoms with Crippen LogP contribution in [-0.2, 0) is 11.2 Å². The molecular weight excluding hydrogens is 296 g/mol. The molecule has 3 nitrogen and oxygen atoms in total. The average molecular weight is 326 g/mol. The Balaban J connectivity index is 1.38. The highest BCUT2D eigenvalue weighted by molar-refractivity contribution is 5.94. The van der Waals surface area contributed by atoms with Gasteiger partial charge in [0, 0.05) is 11.2 Å². The minimum absolute atomic E-state index is 0.0926. The number of anilines is 1. The van der Waals surface area contributed by atoms with Crippen LogP contribution in [0.2, 0.25) is 0 Å². The second-order valence-corrected chi connectivity index (χ2v) is 8.60. The molecule has 1 aromatic rings. The minimum Gasteiger partial charge on any atom is -0.325 e. The van der Waals surface area contributed by atoms with E-state index in [1.54, 1.807) is 0 Å². The van der Waals surface area contributed by atoms with Gasteiger partial charge in [-0.05, 0) is 87.3 Å². The maximum absolute atomic E-state index is 12.6. The van der Waals surface area contributed by atoms with Gasteiger partial charge in [-0.3, -0.25) is 4.79 Å². The summed E-state index contributed by atoms with van der Waals surface area (Å²) >= 11 is 0. The monoisotopic (exact) mass is 326 g/mol. The zero-order chi connectivity index (χ0) is 16.7. The number of rotatable bonds is 5. The molecule has 4 aliphatic rings. The van der Waals surface area contributed by atoms with E-state index in [1.807, 2.05) is 19.1 Å². The molecule has 0 unspecified atom stereocenters. The fourth-order valence-electron chi connectivity index (χ4n) is 5.89. The van der Waals surface area contributed by atoms with E-state index < -0.39 is 0 Å². The highest BCUT2D eigenvalue weighted by Gasteiger charge is 2.51. The molecule has 0 aliphatic heterocycles. The van der Waals surface area contributed by atoms with Crippen molar-refractivity contribution in [3.8, 4) is 0 Å². The first-order valence-corrected chi connectivity index (χ1v) is 9.73. The predicted molar refractivity (Wildman–Crippen MR) is 98.0 cm³/mol. The topological polar surface area (TPSA) is 41.1 Å². The Labute approximate surface area is 145 Å². The van der Waals surface area contributed by atoms with Crippen molar-refractivity contribution in [2.24, 2.45) is 17.8 Å². The molecule has 4 fully saturated rings. The Morgan fingerprint density at radius 1 is 1.08 bits per heavy atom. The lowest BCUT2D eigenvalue weighted by Gasteiger charge is -2.57. The number of benzene rings is 1. The summed E-state index contributed by atoms with van der Waals surface area (Å²) in [4.78, 5) is 12.6. The number of hydrogen-bond acceptors (Lipinski definition) is 2. The van der Waals surface area contributed by atoms with E-state index in [0.717, 1.165) is 29.9 Å². The molecule has 2 N–H and O–H groups in total. The summed E-state index contributed by atoms with van der Waals surface area (Å²) in [6.07, 6.45) is 9.17. The van der Waals surface area contributed by atoms with Crippen LogP contribution in [0.4, 0.5) is 5.69 Å². The minimum atomic E-state index is -0.132. The summed E-state index contributed by atoms with van der Waals surface area (Å²) in [6.45, 7) is 4.17. The Hall–Kier alpha value is -1.35. The van der Waals surface area contributed by atoms with Gasteiger partial charge in [0.1, 0.15) is 0 Å². The zero-order valence-corrected chi connectivity index (χ0v) is 15.0. The van der Waals surface area contributed by atoms with E-state index >= 15 is 0 Å². The van der Waals surface area contributed by atoms with E-state index in [-0.39, 0.29) is 17.5 Å². The highest BCUT2D eigenvalue weighted by atomic mass is 16.2. The van der Waals surface area contributed by atoms with E-state index in [2.05, 4.69) is 29.7 Å². The van der Waals surface area contributed by atoms with E-state index in [9.17, 15) is 4.79 Å². The normalized spacial score (nSPS) is 35.0. The van der Waals surface area contributed by atoms with Crippen molar-refractivity contribution in [3.05, 3.63) is 29.8 Å². The second kappa shape index (κ2) is 6.18. The van der Waals surface area contributed by atoms with Crippen LogP contribution in [0.15, 0.2) is 24.3 Å². The summed E-state index contributed by atoms with van der Waals surface area (Å²) in [6, 6.07) is 8.06. The Morgan fingerprint density at radius 2 is 1.62 bits per heavy atom. The fraction of sp³-hybridized carbons (Fsp3) is 0.667. The lowest BCUT2D eigenvalue weighted by molar-refractivity contribution is -0.119. The van der Waals surface area contributed by atoms with Gasteiger partial charge in [0.2, 0.25) is 5.91 Å². The Kier molecular flexibility index (Phi) is 4.16. The van der Waals surface area contributed by atoms with E-state index in [4.69, 9.17) is 0 Å². The number of nitrogens with one attached hydrogen (secondary N) is 2. The average Bonchev–Trinajstić information content (AvgIpc) is 2.53. The van der Waals surface area contributed by atoms with Crippen LogP contribution < -0.4 is 10.6 Å². The first kappa shape index (κ1) is 16.1. The molecule has 0 saturated heterocycles. The highest BCUT2D eigenvalue weighted by Crippen LogP contribution is 2.55. The van der Waals surface area contributed by atoms with Crippen LogP contribution in [0.1, 0.15) is 57.9 Å². The lowest BCUT2D eigenvalue weighted by Crippen LogP contribution is -2.62. The fourth-order valence-corrected chi connectivity index (χ4v) is 5.89. The van der Waals surface area contributed by atoms with Crippen molar-refractivity contribution in [2.45, 2.75) is 70.4 Å². The van der Waals surface area contributed by atoms with Crippen LogP contribution in [0.5, 0.6) is 0 Å². The van der Waals surface area contributed by atoms with Gasteiger partial charge in [0.15, 0.2) is 0 Å². The first-order chi connectivity index (χ1) is 11.5. The Morgan fingerprint density at radius 3 is 2.12 bits per heavy atom. The Bertz CT molecular complexity index is 571. The van der Waals surface area contributed by atoms with Crippen molar-refractivity contribution in [3.63, 3.8) is 0 Å². The van der Waals surface area contributed by atoms with Gasteiger partial charge < -0.3 is 10.6 Å². The number of carbonyl (C=O) groups excluding carboxylic acids is 1. The summed E-state index contributed by atoms with van der Waals surface area (Å²) < 4.78 is 0. The summed E-state index contributed by atoms with van der Waals surface area (Å²) in [5, 5.41) is 6.83. The lowest BCUT2D eigenvalue weighted by atomic mass is 9.53. The third kappa shape index (κ3) is 3.11. The van der Waals surface area contributed by atoms with Crippen LogP contribution in [0.3, 0.4) is 0 Å². The van der Waals surface area contributed by atoms with Crippen molar-refractivity contribution in [1.82, 2.24) is 5.32 Å². The molecule has 0 aromatic heterocycles. The van der Waals surface area contributed by atoms with Gasteiger partial charge in [-0.2, -0.15) is 0 Å². The van der Waals surface area contributed by atoms with Crippen LogP contribution in [0, 0.1) is 17.8 Å². The van der Waals surface area contributed by atoms with Gasteiger partial charge in [-0.1, -0.05) is 19.1 Å². The summed E-state index contributed by atoms with van der Waals surface area (Å²) in [7, 11) is 0. The number of carbonyl (C=O) groups is 1. The predicted octanol–water partition coefficient (Wildman–Crippen LogP) is 4.13. The molecule has 0 heterocycles. The van der Waals surface area contributed by atoms with Crippen LogP contribution >= 0.6 is 0 Å². The van der Waals surface area contributed by atoms with Gasteiger partial charge in [0.25, 0.3) is 0 Å². The van der Waals surface area contributed by atoms with Crippen molar-refractivity contribution < 1.29 is 4.79 Å². The SMILES string of the molecule is CCc1ccc(NC(=O)[C@@H](C)NC23CC4CC(CC(C4)C2)C3)cc1. The quantitative estimate of drug-likeness (QED) is 0.854. The zero-order valence-electron chi connectivity index (χ0n) is 15.0. The molecule has 0 radical (unpaired) electrons. The number of amides is 1. The molecule has 4 saturated carbocycles. The molecule has 1 amide bonds. The molecule has 4 bridgehead atoms. The number of aryl methyl sites for hydroxylation is 1. The summed E-state index contributed by atoms with van der Waals surface area (Å²) in [5.74, 6) is 2.80. The first-order valence-electron chi connectivity index (χ1n) is 9.73. The van der Waals surface area contributed by atoms with E-state index in [1.165, 1.54) is 44.1 Å². The molecule has 5 rings (SSSR count). The smallest absolute Gasteiger partial charge is 0.241 e. The molecule has 4 aliphatic carbocycles. The van der Waals surface area contributed by atoms with Crippen molar-refractivity contribution >= 4 is 11.6 Å². The van der Waals surface area contributed by atoms with Gasteiger partial charge in [-0.25, -0.2) is 0 Å². The standard InChI is InChI=1S/C21H30N2O/c1-3-15-4-6-19(7-5-15)22-20(24)14(2)23-21-11-16-8-17(12-21)10-18(9-16)13-21/h4-7,14,16-18,23H,3,8-13H2,1-2H3,(H,22,24)/t14-,16?,17?,18?,21?/m1/s1. The molecular formula is C21H30N2O. The largest absolute Gasteiger partial charge is 0.325 e. The maximum atomic E-state index is 12.6. The van der Waals surface area contributed by atoms with Gasteiger partial charge >= 0.3 is 0 Å². The maximum Gasteiger partial charge on any atom is 0.241 e. The van der Waals surface area contributed by atoms with E-state index in [0.29, 0.717) is 0 Å². The van der Waals surface area contributed by atoms with Crippen molar-refractivity contribution in [2.75, 3.05) is 5.32 Å². The third-order valence-corrected chi connectivity index (χ3v) is 6.58. The second-order valence-electron chi connectivity index (χ2n) is 8.60. The van der Waals surface area contributed by atoms with Crippen LogP contribution in [-0.4, -0.2) is 17.5 Å². The summed E-state index contributed by atoms with van der Waals surface area (Å²) in [5.41, 5.74) is 2.43. The molecule has 130 valence electrons. The van der Waals surface area contributed by atoms with Gasteiger partial charge in [0.05, 0.1) is 6.04 Å².